The summed E-state index contributed by atoms with van der Waals surface area (Å²) in [5.41, 5.74) is 0.652. The average molecular weight is 345 g/mol. The quantitative estimate of drug-likeness (QED) is 0.917. The Labute approximate surface area is 119 Å². The summed E-state index contributed by atoms with van der Waals surface area (Å²) in [6.07, 6.45) is 3.81. The van der Waals surface area contributed by atoms with Crippen molar-refractivity contribution in [1.29, 1.82) is 0 Å². The molecule has 5 nitrogen and oxygen atoms in total. The third-order valence-electron chi connectivity index (χ3n) is 2.65. The molecular formula is C12H13BrN2O3S. The molecule has 1 atom stereocenters. The third-order valence-corrected chi connectivity index (χ3v) is 4.19. The lowest BCUT2D eigenvalue weighted by Gasteiger charge is -2.11. The van der Waals surface area contributed by atoms with Gasteiger partial charge >= 0.3 is 0 Å². The van der Waals surface area contributed by atoms with Crippen molar-refractivity contribution in [2.75, 3.05) is 6.26 Å². The van der Waals surface area contributed by atoms with E-state index in [1.165, 1.54) is 12.1 Å². The number of benzene rings is 1. The summed E-state index contributed by atoms with van der Waals surface area (Å²) in [5.74, 6) is 0. The molecule has 2 aromatic rings. The van der Waals surface area contributed by atoms with E-state index >= 15 is 0 Å². The van der Waals surface area contributed by atoms with Crippen LogP contribution in [0.15, 0.2) is 46.0 Å². The van der Waals surface area contributed by atoms with E-state index < -0.39 is 15.9 Å². The average Bonchev–Trinajstić information content (AvgIpc) is 2.74. The summed E-state index contributed by atoms with van der Waals surface area (Å²) in [7, 11) is -3.21. The minimum absolute atomic E-state index is 0.241. The van der Waals surface area contributed by atoms with Gasteiger partial charge in [-0.1, -0.05) is 12.1 Å². The van der Waals surface area contributed by atoms with Crippen molar-refractivity contribution in [1.82, 2.24) is 9.78 Å². The summed E-state index contributed by atoms with van der Waals surface area (Å²) in [4.78, 5) is 0.241. The van der Waals surface area contributed by atoms with E-state index in [2.05, 4.69) is 21.0 Å². The molecule has 0 saturated carbocycles. The molecule has 2 rings (SSSR count). The van der Waals surface area contributed by atoms with Gasteiger partial charge in [-0.05, 0) is 33.6 Å². The van der Waals surface area contributed by atoms with Gasteiger partial charge in [0, 0.05) is 12.5 Å². The van der Waals surface area contributed by atoms with Crippen molar-refractivity contribution in [2.24, 2.45) is 0 Å². The van der Waals surface area contributed by atoms with Crippen LogP contribution in [-0.2, 0) is 16.4 Å². The van der Waals surface area contributed by atoms with Gasteiger partial charge in [-0.3, -0.25) is 4.68 Å². The monoisotopic (exact) mass is 344 g/mol. The Hall–Kier alpha value is -1.18. The number of aliphatic hydroxyl groups excluding tert-OH is 1. The molecule has 0 aliphatic heterocycles. The van der Waals surface area contributed by atoms with Gasteiger partial charge in [-0.2, -0.15) is 5.10 Å². The minimum Gasteiger partial charge on any atom is -0.386 e. The maximum Gasteiger partial charge on any atom is 0.175 e. The zero-order valence-corrected chi connectivity index (χ0v) is 12.6. The largest absolute Gasteiger partial charge is 0.386 e. The summed E-state index contributed by atoms with van der Waals surface area (Å²) in [6, 6.07) is 6.21. The second-order valence-electron chi connectivity index (χ2n) is 4.24. The normalized spacial score (nSPS) is 13.4. The maximum absolute atomic E-state index is 11.3. The van der Waals surface area contributed by atoms with Gasteiger partial charge in [0.15, 0.2) is 9.84 Å². The highest BCUT2D eigenvalue weighted by Crippen LogP contribution is 2.18. The van der Waals surface area contributed by atoms with Crippen LogP contribution in [0.25, 0.3) is 0 Å². The van der Waals surface area contributed by atoms with Crippen LogP contribution >= 0.6 is 15.9 Å². The second kappa shape index (κ2) is 5.44. The van der Waals surface area contributed by atoms with E-state index in [1.54, 1.807) is 29.2 Å². The minimum atomic E-state index is -3.21. The molecule has 0 bridgehead atoms. The van der Waals surface area contributed by atoms with Crippen molar-refractivity contribution in [2.45, 2.75) is 17.5 Å². The highest BCUT2D eigenvalue weighted by Gasteiger charge is 2.11. The molecule has 0 saturated heterocycles. The van der Waals surface area contributed by atoms with Crippen molar-refractivity contribution in [3.05, 3.63) is 46.7 Å². The van der Waals surface area contributed by atoms with E-state index in [1.807, 2.05) is 0 Å². The fraction of sp³-hybridized carbons (Fsp3) is 0.250. The second-order valence-corrected chi connectivity index (χ2v) is 7.17. The molecule has 7 heteroatoms. The van der Waals surface area contributed by atoms with Gasteiger partial charge in [0.2, 0.25) is 0 Å². The first-order valence-electron chi connectivity index (χ1n) is 5.52. The zero-order valence-electron chi connectivity index (χ0n) is 10.2. The molecule has 19 heavy (non-hydrogen) atoms. The van der Waals surface area contributed by atoms with Crippen LogP contribution in [-0.4, -0.2) is 29.6 Å². The standard InChI is InChI=1S/C12H13BrN2O3S/c1-19(17,18)11-4-2-9(3-5-11)12(16)8-15-7-10(13)6-14-15/h2-7,12,16H,8H2,1H3. The van der Waals surface area contributed by atoms with Gasteiger partial charge in [0.1, 0.15) is 0 Å². The Bertz CT molecular complexity index is 665. The van der Waals surface area contributed by atoms with Crippen LogP contribution in [0, 0.1) is 0 Å². The first-order chi connectivity index (χ1) is 8.86. The zero-order chi connectivity index (χ0) is 14.0. The lowest BCUT2D eigenvalue weighted by molar-refractivity contribution is 0.151. The fourth-order valence-corrected chi connectivity index (χ4v) is 2.62. The topological polar surface area (TPSA) is 72.2 Å². The molecule has 0 spiro atoms. The lowest BCUT2D eigenvalue weighted by Crippen LogP contribution is -2.09. The van der Waals surface area contributed by atoms with Crippen LogP contribution in [0.2, 0.25) is 0 Å². The lowest BCUT2D eigenvalue weighted by atomic mass is 10.1. The number of nitrogens with zero attached hydrogens (tertiary/aromatic N) is 2. The van der Waals surface area contributed by atoms with Gasteiger partial charge in [0.25, 0.3) is 0 Å². The van der Waals surface area contributed by atoms with Crippen molar-refractivity contribution in [3.8, 4) is 0 Å². The molecule has 0 aliphatic rings. The van der Waals surface area contributed by atoms with E-state index in [9.17, 15) is 13.5 Å². The predicted octanol–water partition coefficient (Wildman–Crippen LogP) is 1.78. The molecule has 1 aromatic carbocycles. The Morgan fingerprint density at radius 1 is 1.37 bits per heavy atom. The first kappa shape index (κ1) is 14.2. The van der Waals surface area contributed by atoms with Crippen LogP contribution in [0.3, 0.4) is 0 Å². The number of aliphatic hydroxyl groups is 1. The van der Waals surface area contributed by atoms with E-state index in [0.29, 0.717) is 12.1 Å². The van der Waals surface area contributed by atoms with E-state index in [-0.39, 0.29) is 4.90 Å². The van der Waals surface area contributed by atoms with Gasteiger partial charge in [0.05, 0.1) is 28.2 Å². The van der Waals surface area contributed by atoms with Crippen molar-refractivity contribution in [3.63, 3.8) is 0 Å². The Morgan fingerprint density at radius 3 is 2.47 bits per heavy atom. The van der Waals surface area contributed by atoms with E-state index in [4.69, 9.17) is 0 Å². The molecule has 1 heterocycles. The smallest absolute Gasteiger partial charge is 0.175 e. The van der Waals surface area contributed by atoms with Crippen LogP contribution in [0.5, 0.6) is 0 Å². The summed E-state index contributed by atoms with van der Waals surface area (Å²) in [6.45, 7) is 0.309. The third kappa shape index (κ3) is 3.65. The van der Waals surface area contributed by atoms with Crippen molar-refractivity contribution >= 4 is 25.8 Å². The van der Waals surface area contributed by atoms with Gasteiger partial charge in [-0.15, -0.1) is 0 Å². The highest BCUT2D eigenvalue weighted by atomic mass is 79.9. The molecule has 1 aromatic heterocycles. The Balaban J connectivity index is 2.14. The number of aromatic nitrogens is 2. The van der Waals surface area contributed by atoms with Crippen LogP contribution < -0.4 is 0 Å². The highest BCUT2D eigenvalue weighted by molar-refractivity contribution is 9.10. The SMILES string of the molecule is CS(=O)(=O)c1ccc(C(O)Cn2cc(Br)cn2)cc1. The number of hydrogen-bond donors (Lipinski definition) is 1. The van der Waals surface area contributed by atoms with Crippen LogP contribution in [0.4, 0.5) is 0 Å². The van der Waals surface area contributed by atoms with Gasteiger partial charge < -0.3 is 5.11 Å². The molecule has 102 valence electrons. The maximum atomic E-state index is 11.3. The van der Waals surface area contributed by atoms with Crippen LogP contribution in [0.1, 0.15) is 11.7 Å². The molecule has 1 N–H and O–H groups in total. The number of hydrogen-bond acceptors (Lipinski definition) is 4. The Kier molecular flexibility index (Phi) is 4.07. The molecule has 0 fully saturated rings. The van der Waals surface area contributed by atoms with Gasteiger partial charge in [-0.25, -0.2) is 8.42 Å². The van der Waals surface area contributed by atoms with Crippen molar-refractivity contribution < 1.29 is 13.5 Å². The molecule has 1 unspecified atom stereocenters. The summed E-state index contributed by atoms with van der Waals surface area (Å²) in [5, 5.41) is 14.1. The Morgan fingerprint density at radius 2 is 2.00 bits per heavy atom. The molecule has 0 aliphatic carbocycles. The summed E-state index contributed by atoms with van der Waals surface area (Å²) >= 11 is 3.28. The fourth-order valence-electron chi connectivity index (χ4n) is 1.66. The number of halogens is 1. The first-order valence-corrected chi connectivity index (χ1v) is 8.21. The number of sulfone groups is 1. The molecule has 0 radical (unpaired) electrons. The predicted molar refractivity (Wildman–Crippen MR) is 74.4 cm³/mol. The summed E-state index contributed by atoms with van der Waals surface area (Å²) < 4.78 is 25.1. The number of rotatable bonds is 4. The molecular weight excluding hydrogens is 332 g/mol. The molecule has 0 amide bonds. The van der Waals surface area contributed by atoms with E-state index in [0.717, 1.165) is 10.7 Å².